The third kappa shape index (κ3) is 3.47. The summed E-state index contributed by atoms with van der Waals surface area (Å²) >= 11 is 0. The highest BCUT2D eigenvalue weighted by Gasteiger charge is 2.53. The summed E-state index contributed by atoms with van der Waals surface area (Å²) in [4.78, 5) is 21.3. The van der Waals surface area contributed by atoms with Gasteiger partial charge in [0.05, 0.1) is 12.5 Å². The van der Waals surface area contributed by atoms with E-state index >= 15 is 0 Å². The highest BCUT2D eigenvalue weighted by atomic mass is 16.5. The average Bonchev–Trinajstić information content (AvgIpc) is 3.12. The van der Waals surface area contributed by atoms with E-state index in [2.05, 4.69) is 11.3 Å². The van der Waals surface area contributed by atoms with Crippen molar-refractivity contribution in [2.24, 2.45) is 29.6 Å². The lowest BCUT2D eigenvalue weighted by Gasteiger charge is -2.23. The first-order chi connectivity index (χ1) is 9.93. The van der Waals surface area contributed by atoms with Crippen LogP contribution < -0.4 is 0 Å². The van der Waals surface area contributed by atoms with Crippen LogP contribution in [0.2, 0.25) is 0 Å². The van der Waals surface area contributed by atoms with Gasteiger partial charge in [-0.1, -0.05) is 6.58 Å². The van der Waals surface area contributed by atoms with Gasteiger partial charge in [0, 0.05) is 5.57 Å². The van der Waals surface area contributed by atoms with Crippen LogP contribution in [0.15, 0.2) is 12.2 Å². The molecular formula is C17H26O4. The lowest BCUT2D eigenvalue weighted by molar-refractivity contribution is -0.142. The molecule has 0 aromatic carbocycles. The van der Waals surface area contributed by atoms with Gasteiger partial charge in [-0.3, -0.25) is 4.79 Å². The van der Waals surface area contributed by atoms with Crippen molar-refractivity contribution >= 4 is 11.9 Å². The number of carbonyl (C=O) groups is 2. The molecule has 0 spiro atoms. The Morgan fingerprint density at radius 3 is 2.00 bits per heavy atom. The van der Waals surface area contributed by atoms with E-state index in [9.17, 15) is 9.59 Å². The lowest BCUT2D eigenvalue weighted by atomic mass is 9.82. The van der Waals surface area contributed by atoms with Crippen molar-refractivity contribution in [3.63, 3.8) is 0 Å². The fourth-order valence-corrected chi connectivity index (χ4v) is 4.47. The van der Waals surface area contributed by atoms with E-state index < -0.39 is 5.97 Å². The van der Waals surface area contributed by atoms with E-state index in [0.29, 0.717) is 12.2 Å². The lowest BCUT2D eigenvalue weighted by Crippen LogP contribution is -2.15. The number of fused-ring (bicyclic) bond motifs is 5. The summed E-state index contributed by atoms with van der Waals surface area (Å²) in [7, 11) is 0. The predicted molar refractivity (Wildman–Crippen MR) is 79.6 cm³/mol. The van der Waals surface area contributed by atoms with E-state index in [0.717, 1.165) is 36.5 Å². The van der Waals surface area contributed by atoms with Gasteiger partial charge in [0.25, 0.3) is 0 Å². The summed E-state index contributed by atoms with van der Waals surface area (Å²) in [6.07, 6.45) is 6.17. The van der Waals surface area contributed by atoms with Crippen LogP contribution >= 0.6 is 0 Å². The highest BCUT2D eigenvalue weighted by molar-refractivity contribution is 5.86. The molecule has 3 aliphatic rings. The molecule has 0 saturated heterocycles. The molecule has 3 fully saturated rings. The van der Waals surface area contributed by atoms with Gasteiger partial charge in [0.15, 0.2) is 0 Å². The number of carbonyl (C=O) groups excluding carboxylic acids is 1. The number of ether oxygens (including phenoxy) is 1. The third-order valence-electron chi connectivity index (χ3n) is 5.36. The minimum Gasteiger partial charge on any atom is -0.481 e. The van der Waals surface area contributed by atoms with Gasteiger partial charge in [-0.15, -0.1) is 0 Å². The molecule has 0 radical (unpaired) electrons. The molecule has 0 aromatic rings. The standard InChI is InChI=1S/C11H16O2.C6H10O2/c12-11(13)8-4-9-6-1-2-7(3-6)10(9)5-8;1-4-8-6(7)5(2)3/h6-10H,1-5H2,(H,12,13);2,4H2,1,3H3. The van der Waals surface area contributed by atoms with Gasteiger partial charge in [-0.05, 0) is 69.6 Å². The fraction of sp³-hybridized carbons (Fsp3) is 0.765. The molecular weight excluding hydrogens is 268 g/mol. The van der Waals surface area contributed by atoms with Crippen LogP contribution in [-0.2, 0) is 14.3 Å². The van der Waals surface area contributed by atoms with E-state index in [1.54, 1.807) is 13.8 Å². The maximum absolute atomic E-state index is 10.9. The zero-order valence-electron chi connectivity index (χ0n) is 13.0. The summed E-state index contributed by atoms with van der Waals surface area (Å²) in [5, 5.41) is 8.96. The average molecular weight is 294 g/mol. The quantitative estimate of drug-likeness (QED) is 0.641. The Morgan fingerprint density at radius 2 is 1.67 bits per heavy atom. The molecule has 4 heteroatoms. The third-order valence-corrected chi connectivity index (χ3v) is 5.36. The Morgan fingerprint density at radius 1 is 1.14 bits per heavy atom. The number of carboxylic acids is 1. The van der Waals surface area contributed by atoms with Gasteiger partial charge >= 0.3 is 11.9 Å². The molecule has 3 rings (SSSR count). The Kier molecular flexibility index (Phi) is 5.07. The Labute approximate surface area is 126 Å². The van der Waals surface area contributed by atoms with Crippen LogP contribution in [0.3, 0.4) is 0 Å². The van der Waals surface area contributed by atoms with Crippen LogP contribution in [0.5, 0.6) is 0 Å². The van der Waals surface area contributed by atoms with Crippen LogP contribution in [0, 0.1) is 29.6 Å². The molecule has 21 heavy (non-hydrogen) atoms. The molecule has 0 aliphatic heterocycles. The molecule has 0 aromatic heterocycles. The molecule has 4 unspecified atom stereocenters. The van der Waals surface area contributed by atoms with E-state index in [4.69, 9.17) is 5.11 Å². The second-order valence-corrected chi connectivity index (χ2v) is 6.67. The van der Waals surface area contributed by atoms with Crippen LogP contribution in [0.1, 0.15) is 46.0 Å². The Balaban J connectivity index is 0.000000177. The second-order valence-electron chi connectivity index (χ2n) is 6.67. The first-order valence-electron chi connectivity index (χ1n) is 7.99. The van der Waals surface area contributed by atoms with Gasteiger partial charge in [-0.2, -0.15) is 0 Å². The minimum absolute atomic E-state index is 0.00148. The highest BCUT2D eigenvalue weighted by Crippen LogP contribution is 2.59. The van der Waals surface area contributed by atoms with Gasteiger partial charge in [-0.25, -0.2) is 4.79 Å². The zero-order chi connectivity index (χ0) is 15.6. The molecule has 4 nitrogen and oxygen atoms in total. The number of hydrogen-bond acceptors (Lipinski definition) is 3. The molecule has 3 saturated carbocycles. The Bertz CT molecular complexity index is 411. The second kappa shape index (κ2) is 6.63. The van der Waals surface area contributed by atoms with Crippen molar-refractivity contribution in [1.82, 2.24) is 0 Å². The molecule has 0 heterocycles. The fourth-order valence-electron chi connectivity index (χ4n) is 4.47. The van der Waals surface area contributed by atoms with Gasteiger partial charge < -0.3 is 9.84 Å². The monoisotopic (exact) mass is 294 g/mol. The van der Waals surface area contributed by atoms with Crippen molar-refractivity contribution in [3.05, 3.63) is 12.2 Å². The zero-order valence-corrected chi connectivity index (χ0v) is 13.0. The van der Waals surface area contributed by atoms with Crippen molar-refractivity contribution in [2.45, 2.75) is 46.0 Å². The SMILES string of the molecule is C=C(C)C(=O)OCC.O=C(O)C1CC2C3CCC(C3)C2C1. The van der Waals surface area contributed by atoms with Crippen LogP contribution in [-0.4, -0.2) is 23.7 Å². The minimum atomic E-state index is -0.547. The maximum atomic E-state index is 10.9. The molecule has 1 N–H and O–H groups in total. The van der Waals surface area contributed by atoms with Crippen molar-refractivity contribution < 1.29 is 19.4 Å². The topological polar surface area (TPSA) is 63.6 Å². The molecule has 0 amide bonds. The number of hydrogen-bond donors (Lipinski definition) is 1. The van der Waals surface area contributed by atoms with E-state index in [1.165, 1.54) is 19.3 Å². The maximum Gasteiger partial charge on any atom is 0.333 e. The number of esters is 1. The normalized spacial score (nSPS) is 35.6. The van der Waals surface area contributed by atoms with E-state index in [1.807, 2.05) is 0 Å². The molecule has 3 aliphatic carbocycles. The summed E-state index contributed by atoms with van der Waals surface area (Å²) < 4.78 is 4.56. The van der Waals surface area contributed by atoms with Crippen molar-refractivity contribution in [3.8, 4) is 0 Å². The van der Waals surface area contributed by atoms with E-state index in [-0.39, 0.29) is 11.9 Å². The number of carboxylic acid groups (broad SMARTS) is 1. The summed E-state index contributed by atoms with van der Waals surface area (Å²) in [6, 6.07) is 0. The summed E-state index contributed by atoms with van der Waals surface area (Å²) in [5.74, 6) is 2.53. The summed E-state index contributed by atoms with van der Waals surface area (Å²) in [6.45, 7) is 7.21. The summed E-state index contributed by atoms with van der Waals surface area (Å²) in [5.41, 5.74) is 0.451. The molecule has 2 bridgehead atoms. The first kappa shape index (κ1) is 16.1. The molecule has 118 valence electrons. The largest absolute Gasteiger partial charge is 0.481 e. The van der Waals surface area contributed by atoms with Crippen molar-refractivity contribution in [1.29, 1.82) is 0 Å². The Hall–Kier alpha value is -1.32. The van der Waals surface area contributed by atoms with Crippen LogP contribution in [0.25, 0.3) is 0 Å². The van der Waals surface area contributed by atoms with Crippen molar-refractivity contribution in [2.75, 3.05) is 6.61 Å². The van der Waals surface area contributed by atoms with Crippen LogP contribution in [0.4, 0.5) is 0 Å². The number of aliphatic carboxylic acids is 1. The molecule has 4 atom stereocenters. The van der Waals surface area contributed by atoms with Gasteiger partial charge in [0.1, 0.15) is 0 Å². The van der Waals surface area contributed by atoms with Gasteiger partial charge in [0.2, 0.25) is 0 Å². The number of rotatable bonds is 3. The smallest absolute Gasteiger partial charge is 0.333 e. The first-order valence-corrected chi connectivity index (χ1v) is 7.99. The predicted octanol–water partition coefficient (Wildman–Crippen LogP) is 3.27.